The Morgan fingerprint density at radius 3 is 2.40 bits per heavy atom. The number of hydrogen-bond acceptors (Lipinski definition) is 4. The van der Waals surface area contributed by atoms with Crippen LogP contribution in [0.1, 0.15) is 23.6 Å². The Hall–Kier alpha value is -2.83. The standard InChI is InChI=1S/C23H19ClFN3OS/c1-16(17-11-13-18(25)14-12-17)30-23-27-26-22(28(23)19-7-3-2-4-8-19)15-29-21-10-6-5-9-20(21)24/h2-14,16H,15H2,1H3. The van der Waals surface area contributed by atoms with Crippen molar-refractivity contribution in [2.75, 3.05) is 0 Å². The second-order valence-electron chi connectivity index (χ2n) is 6.60. The van der Waals surface area contributed by atoms with E-state index in [4.69, 9.17) is 16.3 Å². The molecule has 0 spiro atoms. The van der Waals surface area contributed by atoms with Crippen molar-refractivity contribution in [1.29, 1.82) is 0 Å². The lowest BCUT2D eigenvalue weighted by molar-refractivity contribution is 0.293. The highest BCUT2D eigenvalue weighted by molar-refractivity contribution is 7.99. The molecule has 0 saturated heterocycles. The molecule has 4 aromatic rings. The van der Waals surface area contributed by atoms with Crippen molar-refractivity contribution in [3.8, 4) is 11.4 Å². The maximum atomic E-state index is 13.3. The van der Waals surface area contributed by atoms with Crippen LogP contribution in [0, 0.1) is 5.82 Å². The number of nitrogens with zero attached hydrogens (tertiary/aromatic N) is 3. The SMILES string of the molecule is CC(Sc1nnc(COc2ccccc2Cl)n1-c1ccccc1)c1ccc(F)cc1. The fraction of sp³-hybridized carbons (Fsp3) is 0.130. The average Bonchev–Trinajstić information content (AvgIpc) is 3.16. The third kappa shape index (κ3) is 4.66. The van der Waals surface area contributed by atoms with Gasteiger partial charge in [0, 0.05) is 10.9 Å². The fourth-order valence-corrected chi connectivity index (χ4v) is 4.17. The van der Waals surface area contributed by atoms with E-state index in [1.165, 1.54) is 12.1 Å². The molecule has 30 heavy (non-hydrogen) atoms. The zero-order valence-corrected chi connectivity index (χ0v) is 17.8. The Bertz CT molecular complexity index is 1120. The second kappa shape index (κ2) is 9.32. The third-order valence-corrected chi connectivity index (χ3v) is 5.94. The maximum absolute atomic E-state index is 13.3. The molecule has 4 nitrogen and oxygen atoms in total. The van der Waals surface area contributed by atoms with Gasteiger partial charge < -0.3 is 4.74 Å². The molecule has 1 aromatic heterocycles. The lowest BCUT2D eigenvalue weighted by Crippen LogP contribution is -2.07. The smallest absolute Gasteiger partial charge is 0.196 e. The number of aromatic nitrogens is 3. The largest absolute Gasteiger partial charge is 0.484 e. The quantitative estimate of drug-likeness (QED) is 0.308. The third-order valence-electron chi connectivity index (χ3n) is 4.53. The first-order chi connectivity index (χ1) is 14.6. The molecule has 1 atom stereocenters. The monoisotopic (exact) mass is 439 g/mol. The second-order valence-corrected chi connectivity index (χ2v) is 8.32. The van der Waals surface area contributed by atoms with E-state index in [9.17, 15) is 4.39 Å². The van der Waals surface area contributed by atoms with Gasteiger partial charge in [0.05, 0.1) is 5.02 Å². The molecule has 3 aromatic carbocycles. The topological polar surface area (TPSA) is 39.9 Å². The number of rotatable bonds is 7. The van der Waals surface area contributed by atoms with Crippen LogP contribution >= 0.6 is 23.4 Å². The summed E-state index contributed by atoms with van der Waals surface area (Å²) in [4.78, 5) is 0. The molecule has 152 valence electrons. The normalized spacial score (nSPS) is 12.0. The van der Waals surface area contributed by atoms with Gasteiger partial charge in [-0.15, -0.1) is 10.2 Å². The Morgan fingerprint density at radius 1 is 0.967 bits per heavy atom. The van der Waals surface area contributed by atoms with Gasteiger partial charge in [-0.25, -0.2) is 4.39 Å². The van der Waals surface area contributed by atoms with Gasteiger partial charge in [0.1, 0.15) is 18.2 Å². The molecule has 0 amide bonds. The first-order valence-corrected chi connectivity index (χ1v) is 10.7. The molecule has 7 heteroatoms. The van der Waals surface area contributed by atoms with Crippen molar-refractivity contribution in [2.45, 2.75) is 23.9 Å². The van der Waals surface area contributed by atoms with Crippen LogP contribution in [0.4, 0.5) is 4.39 Å². The van der Waals surface area contributed by atoms with Crippen molar-refractivity contribution in [2.24, 2.45) is 0 Å². The first kappa shape index (κ1) is 20.4. The minimum atomic E-state index is -0.248. The molecule has 0 aliphatic carbocycles. The molecule has 0 aliphatic heterocycles. The van der Waals surface area contributed by atoms with Crippen LogP contribution in [0.3, 0.4) is 0 Å². The van der Waals surface area contributed by atoms with E-state index in [0.717, 1.165) is 16.4 Å². The lowest BCUT2D eigenvalue weighted by Gasteiger charge is -2.14. The molecular weight excluding hydrogens is 421 g/mol. The molecule has 0 aliphatic rings. The van der Waals surface area contributed by atoms with Crippen LogP contribution in [0.5, 0.6) is 5.75 Å². The van der Waals surface area contributed by atoms with Crippen LogP contribution in [-0.4, -0.2) is 14.8 Å². The van der Waals surface area contributed by atoms with Crippen LogP contribution < -0.4 is 4.74 Å². The summed E-state index contributed by atoms with van der Waals surface area (Å²) in [5.74, 6) is 1.01. The Kier molecular flexibility index (Phi) is 6.35. The summed E-state index contributed by atoms with van der Waals surface area (Å²) >= 11 is 7.76. The van der Waals surface area contributed by atoms with Crippen molar-refractivity contribution in [3.63, 3.8) is 0 Å². The Morgan fingerprint density at radius 2 is 1.67 bits per heavy atom. The summed E-state index contributed by atoms with van der Waals surface area (Å²) in [5.41, 5.74) is 1.95. The number of benzene rings is 3. The van der Waals surface area contributed by atoms with Crippen LogP contribution in [0.15, 0.2) is 84.0 Å². The van der Waals surface area contributed by atoms with Gasteiger partial charge in [-0.05, 0) is 48.9 Å². The number of para-hydroxylation sites is 2. The number of hydrogen-bond donors (Lipinski definition) is 0. The first-order valence-electron chi connectivity index (χ1n) is 9.41. The minimum absolute atomic E-state index is 0.0644. The van der Waals surface area contributed by atoms with Gasteiger partial charge in [-0.2, -0.15) is 0 Å². The van der Waals surface area contributed by atoms with Crippen molar-refractivity contribution in [1.82, 2.24) is 14.8 Å². The molecule has 4 rings (SSSR count). The summed E-state index contributed by atoms with van der Waals surface area (Å²) < 4.78 is 21.1. The van der Waals surface area contributed by atoms with E-state index >= 15 is 0 Å². The molecule has 0 N–H and O–H groups in total. The van der Waals surface area contributed by atoms with Gasteiger partial charge in [0.25, 0.3) is 0 Å². The average molecular weight is 440 g/mol. The molecular formula is C23H19ClFN3OS. The summed E-state index contributed by atoms with van der Waals surface area (Å²) in [6.45, 7) is 2.28. The Balaban J connectivity index is 1.62. The van der Waals surface area contributed by atoms with Crippen molar-refractivity contribution in [3.05, 3.63) is 101 Å². The summed E-state index contributed by atoms with van der Waals surface area (Å²) in [6, 6.07) is 23.7. The molecule has 1 unspecified atom stereocenters. The zero-order valence-electron chi connectivity index (χ0n) is 16.2. The van der Waals surface area contributed by atoms with E-state index in [0.29, 0.717) is 16.6 Å². The Labute approximate surface area is 183 Å². The fourth-order valence-electron chi connectivity index (χ4n) is 2.97. The summed E-state index contributed by atoms with van der Waals surface area (Å²) in [5, 5.41) is 10.1. The summed E-state index contributed by atoms with van der Waals surface area (Å²) in [6.07, 6.45) is 0. The van der Waals surface area contributed by atoms with Crippen LogP contribution in [0.25, 0.3) is 5.69 Å². The predicted molar refractivity (Wildman–Crippen MR) is 118 cm³/mol. The van der Waals surface area contributed by atoms with Gasteiger partial charge in [0.15, 0.2) is 11.0 Å². The van der Waals surface area contributed by atoms with Gasteiger partial charge in [-0.1, -0.05) is 65.8 Å². The van der Waals surface area contributed by atoms with Gasteiger partial charge >= 0.3 is 0 Å². The maximum Gasteiger partial charge on any atom is 0.196 e. The highest BCUT2D eigenvalue weighted by Gasteiger charge is 2.18. The highest BCUT2D eigenvalue weighted by atomic mass is 35.5. The molecule has 0 bridgehead atoms. The molecule has 0 saturated carbocycles. The van der Waals surface area contributed by atoms with Crippen LogP contribution in [-0.2, 0) is 6.61 Å². The number of halogens is 2. The van der Waals surface area contributed by atoms with E-state index in [1.807, 2.05) is 53.1 Å². The highest BCUT2D eigenvalue weighted by Crippen LogP contribution is 2.35. The van der Waals surface area contributed by atoms with Gasteiger partial charge in [-0.3, -0.25) is 4.57 Å². The van der Waals surface area contributed by atoms with E-state index in [-0.39, 0.29) is 17.7 Å². The van der Waals surface area contributed by atoms with Crippen molar-refractivity contribution < 1.29 is 9.13 Å². The van der Waals surface area contributed by atoms with E-state index in [1.54, 1.807) is 30.0 Å². The molecule has 1 heterocycles. The lowest BCUT2D eigenvalue weighted by atomic mass is 10.2. The molecule has 0 radical (unpaired) electrons. The van der Waals surface area contributed by atoms with Gasteiger partial charge in [0.2, 0.25) is 0 Å². The number of ether oxygens (including phenoxy) is 1. The van der Waals surface area contributed by atoms with Crippen LogP contribution in [0.2, 0.25) is 5.02 Å². The zero-order chi connectivity index (χ0) is 20.9. The van der Waals surface area contributed by atoms with E-state index in [2.05, 4.69) is 17.1 Å². The molecule has 0 fully saturated rings. The number of thioether (sulfide) groups is 1. The predicted octanol–water partition coefficient (Wildman–Crippen LogP) is 6.49. The summed E-state index contributed by atoms with van der Waals surface area (Å²) in [7, 11) is 0. The van der Waals surface area contributed by atoms with Crippen molar-refractivity contribution >= 4 is 23.4 Å². The minimum Gasteiger partial charge on any atom is -0.484 e. The van der Waals surface area contributed by atoms with E-state index < -0.39 is 0 Å².